The van der Waals surface area contributed by atoms with Gasteiger partial charge in [-0.3, -0.25) is 9.69 Å². The van der Waals surface area contributed by atoms with Gasteiger partial charge in [-0.05, 0) is 60.3 Å². The lowest BCUT2D eigenvalue weighted by atomic mass is 9.69. The third-order valence-electron chi connectivity index (χ3n) is 7.22. The molecule has 0 saturated carbocycles. The van der Waals surface area contributed by atoms with Gasteiger partial charge in [-0.25, -0.2) is 0 Å². The molecule has 1 aliphatic heterocycles. The van der Waals surface area contributed by atoms with Crippen molar-refractivity contribution in [2.24, 2.45) is 0 Å². The van der Waals surface area contributed by atoms with Crippen LogP contribution < -0.4 is 10.2 Å². The van der Waals surface area contributed by atoms with E-state index in [0.29, 0.717) is 26.2 Å². The van der Waals surface area contributed by atoms with E-state index in [1.165, 1.54) is 16.7 Å². The van der Waals surface area contributed by atoms with Crippen molar-refractivity contribution in [2.75, 3.05) is 24.6 Å². The predicted molar refractivity (Wildman–Crippen MR) is 150 cm³/mol. The van der Waals surface area contributed by atoms with Gasteiger partial charge in [0.15, 0.2) is 0 Å². The zero-order valence-electron chi connectivity index (χ0n) is 21.2. The molecule has 1 N–H and O–H groups in total. The first-order valence-electron chi connectivity index (χ1n) is 13.1. The van der Waals surface area contributed by atoms with Crippen LogP contribution in [0.15, 0.2) is 115 Å². The molecule has 188 valence electrons. The Morgan fingerprint density at radius 3 is 2.03 bits per heavy atom. The first-order valence-corrected chi connectivity index (χ1v) is 13.1. The van der Waals surface area contributed by atoms with Gasteiger partial charge in [-0.1, -0.05) is 91.0 Å². The number of nitrogens with one attached hydrogen (secondary N) is 1. The third kappa shape index (κ3) is 5.66. The highest BCUT2D eigenvalue weighted by Gasteiger charge is 2.38. The van der Waals surface area contributed by atoms with Gasteiger partial charge >= 0.3 is 0 Å². The molecule has 0 aromatic heterocycles. The van der Waals surface area contributed by atoms with E-state index >= 15 is 0 Å². The summed E-state index contributed by atoms with van der Waals surface area (Å²) in [6.07, 6.45) is 2.40. The molecule has 0 spiro atoms. The van der Waals surface area contributed by atoms with Crippen LogP contribution in [-0.4, -0.2) is 25.6 Å². The first kappa shape index (κ1) is 24.9. The summed E-state index contributed by atoms with van der Waals surface area (Å²) in [4.78, 5) is 15.1. The van der Waals surface area contributed by atoms with Crippen molar-refractivity contribution in [3.8, 4) is 0 Å². The second-order valence-corrected chi connectivity index (χ2v) is 9.60. The van der Waals surface area contributed by atoms with Crippen molar-refractivity contribution in [1.82, 2.24) is 5.32 Å². The minimum atomic E-state index is -0.148. The van der Waals surface area contributed by atoms with Crippen LogP contribution in [0.1, 0.15) is 36.0 Å². The highest BCUT2D eigenvalue weighted by atomic mass is 16.5. The van der Waals surface area contributed by atoms with Gasteiger partial charge in [0, 0.05) is 29.8 Å². The fourth-order valence-electron chi connectivity index (χ4n) is 5.41. The molecule has 0 bridgehead atoms. The smallest absolute Gasteiger partial charge is 0.232 e. The average Bonchev–Trinajstić information content (AvgIpc) is 2.97. The van der Waals surface area contributed by atoms with E-state index in [4.69, 9.17) is 4.74 Å². The number of anilines is 2. The Hall–Kier alpha value is -3.73. The first-order chi connectivity index (χ1) is 18.3. The highest BCUT2D eigenvalue weighted by Crippen LogP contribution is 2.41. The average molecular weight is 491 g/mol. The summed E-state index contributed by atoms with van der Waals surface area (Å²) >= 11 is 0. The summed E-state index contributed by atoms with van der Waals surface area (Å²) in [5.74, 6) is 0.0836. The van der Waals surface area contributed by atoms with Crippen LogP contribution in [0.5, 0.6) is 0 Å². The van der Waals surface area contributed by atoms with Crippen LogP contribution in [-0.2, 0) is 21.6 Å². The van der Waals surface area contributed by atoms with Crippen molar-refractivity contribution in [3.05, 3.63) is 132 Å². The second kappa shape index (κ2) is 12.0. The van der Waals surface area contributed by atoms with E-state index in [1.54, 1.807) is 0 Å². The van der Waals surface area contributed by atoms with Gasteiger partial charge in [0.1, 0.15) is 0 Å². The van der Waals surface area contributed by atoms with Gasteiger partial charge in [-0.15, -0.1) is 0 Å². The number of rotatable bonds is 10. The van der Waals surface area contributed by atoms with E-state index in [-0.39, 0.29) is 11.3 Å². The van der Waals surface area contributed by atoms with E-state index in [9.17, 15) is 4.79 Å². The van der Waals surface area contributed by atoms with Crippen molar-refractivity contribution in [3.63, 3.8) is 0 Å². The predicted octanol–water partition coefficient (Wildman–Crippen LogP) is 6.63. The summed E-state index contributed by atoms with van der Waals surface area (Å²) in [6, 6.07) is 39.1. The molecular formula is C33H34N2O2. The Morgan fingerprint density at radius 2 is 1.35 bits per heavy atom. The summed E-state index contributed by atoms with van der Waals surface area (Å²) in [6.45, 7) is 2.85. The Morgan fingerprint density at radius 1 is 0.757 bits per heavy atom. The Kier molecular flexibility index (Phi) is 8.09. The maximum Gasteiger partial charge on any atom is 0.232 e. The largest absolute Gasteiger partial charge is 0.375 e. The number of nitrogens with zero attached hydrogens (tertiary/aromatic N) is 1. The summed E-state index contributed by atoms with van der Waals surface area (Å²) in [5, 5.41) is 3.52. The molecule has 0 aliphatic carbocycles. The minimum absolute atomic E-state index is 0.0836. The molecule has 0 fully saturated rings. The molecule has 1 heterocycles. The monoisotopic (exact) mass is 490 g/mol. The molecule has 4 aromatic carbocycles. The van der Waals surface area contributed by atoms with Crippen molar-refractivity contribution >= 4 is 17.3 Å². The number of hydrogen-bond donors (Lipinski definition) is 1. The number of hydrogen-bond acceptors (Lipinski definition) is 3. The SMILES string of the molecule is O=C(CCNCCCC1(c2ccccc2)COCc2ccccc21)N(c1ccccc1)c1ccccc1. The van der Waals surface area contributed by atoms with Gasteiger partial charge in [0.25, 0.3) is 0 Å². The molecule has 1 aliphatic rings. The van der Waals surface area contributed by atoms with Crippen LogP contribution in [0.25, 0.3) is 0 Å². The molecule has 4 heteroatoms. The Labute approximate surface area is 219 Å². The molecule has 0 saturated heterocycles. The van der Waals surface area contributed by atoms with Crippen molar-refractivity contribution in [1.29, 1.82) is 0 Å². The number of carbonyl (C=O) groups is 1. The van der Waals surface area contributed by atoms with Crippen LogP contribution in [0.2, 0.25) is 0 Å². The molecule has 0 radical (unpaired) electrons. The van der Waals surface area contributed by atoms with Crippen molar-refractivity contribution < 1.29 is 9.53 Å². The van der Waals surface area contributed by atoms with Gasteiger partial charge < -0.3 is 10.1 Å². The van der Waals surface area contributed by atoms with Crippen molar-refractivity contribution in [2.45, 2.75) is 31.3 Å². The molecule has 1 atom stereocenters. The molecule has 37 heavy (non-hydrogen) atoms. The molecule has 1 unspecified atom stereocenters. The molecular weight excluding hydrogens is 456 g/mol. The second-order valence-electron chi connectivity index (χ2n) is 9.60. The zero-order chi connectivity index (χ0) is 25.3. The highest BCUT2D eigenvalue weighted by molar-refractivity contribution is 6.00. The summed E-state index contributed by atoms with van der Waals surface area (Å²) in [7, 11) is 0. The van der Waals surface area contributed by atoms with E-state index in [1.807, 2.05) is 65.6 Å². The van der Waals surface area contributed by atoms with Gasteiger partial charge in [0.05, 0.1) is 13.2 Å². The maximum absolute atomic E-state index is 13.3. The summed E-state index contributed by atoms with van der Waals surface area (Å²) in [5.41, 5.74) is 5.59. The van der Waals surface area contributed by atoms with Crippen LogP contribution >= 0.6 is 0 Å². The quantitative estimate of drug-likeness (QED) is 0.254. The van der Waals surface area contributed by atoms with E-state index in [0.717, 1.165) is 30.8 Å². The molecule has 1 amide bonds. The number of amides is 1. The maximum atomic E-state index is 13.3. The Balaban J connectivity index is 1.20. The lowest BCUT2D eigenvalue weighted by Crippen LogP contribution is -2.38. The minimum Gasteiger partial charge on any atom is -0.375 e. The number of para-hydroxylation sites is 2. The third-order valence-corrected chi connectivity index (χ3v) is 7.22. The topological polar surface area (TPSA) is 41.6 Å². The summed E-state index contributed by atoms with van der Waals surface area (Å²) < 4.78 is 6.12. The zero-order valence-corrected chi connectivity index (χ0v) is 21.2. The van der Waals surface area contributed by atoms with Gasteiger partial charge in [-0.2, -0.15) is 0 Å². The lowest BCUT2D eigenvalue weighted by molar-refractivity contribution is -0.117. The fourth-order valence-corrected chi connectivity index (χ4v) is 5.41. The van der Waals surface area contributed by atoms with Crippen LogP contribution in [0, 0.1) is 0 Å². The van der Waals surface area contributed by atoms with Gasteiger partial charge in [0.2, 0.25) is 5.91 Å². The number of carbonyl (C=O) groups excluding carboxylic acids is 1. The number of benzene rings is 4. The molecule has 4 nitrogen and oxygen atoms in total. The number of ether oxygens (including phenoxy) is 1. The molecule has 4 aromatic rings. The molecule has 5 rings (SSSR count). The van der Waals surface area contributed by atoms with Crippen LogP contribution in [0.4, 0.5) is 11.4 Å². The van der Waals surface area contributed by atoms with E-state index < -0.39 is 0 Å². The Bertz CT molecular complexity index is 1240. The fraction of sp³-hybridized carbons (Fsp3) is 0.242. The lowest BCUT2D eigenvalue weighted by Gasteiger charge is -2.40. The number of fused-ring (bicyclic) bond motifs is 1. The van der Waals surface area contributed by atoms with E-state index in [2.05, 4.69) is 59.9 Å². The standard InChI is InChI=1S/C33H34N2O2/c36-32(35(29-16-6-2-7-17-29)30-18-8-3-9-19-30)21-24-34-23-12-22-33(28-14-4-1-5-15-28)26-37-25-27-13-10-11-20-31(27)33/h1-11,13-20,34H,12,21-26H2. The van der Waals surface area contributed by atoms with Crippen LogP contribution in [0.3, 0.4) is 0 Å². The normalized spacial score (nSPS) is 16.6.